The number of sulfone groups is 1. The van der Waals surface area contributed by atoms with Gasteiger partial charge in [-0.15, -0.1) is 0 Å². The Morgan fingerprint density at radius 2 is 1.76 bits per heavy atom. The molecular formula is C23H21N5O4S. The third kappa shape index (κ3) is 5.07. The Kier molecular flexibility index (Phi) is 6.18. The lowest BCUT2D eigenvalue weighted by Gasteiger charge is -2.11. The molecule has 4 rings (SSSR count). The number of hydrogen-bond donors (Lipinski definition) is 1. The van der Waals surface area contributed by atoms with Gasteiger partial charge in [0, 0.05) is 12.1 Å². The molecule has 0 aliphatic carbocycles. The summed E-state index contributed by atoms with van der Waals surface area (Å²) in [5.74, 6) is -0.0903. The second kappa shape index (κ2) is 9.21. The zero-order valence-electron chi connectivity index (χ0n) is 17.7. The molecule has 0 saturated carbocycles. The highest BCUT2D eigenvalue weighted by Gasteiger charge is 2.21. The van der Waals surface area contributed by atoms with E-state index in [0.717, 1.165) is 27.9 Å². The number of amides is 1. The average molecular weight is 464 g/mol. The minimum Gasteiger partial charge on any atom is -0.309 e. The highest BCUT2D eigenvalue weighted by Crippen LogP contribution is 2.17. The maximum Gasteiger partial charge on any atom is 0.267 e. The first kappa shape index (κ1) is 22.2. The van der Waals surface area contributed by atoms with Crippen LogP contribution in [0.2, 0.25) is 0 Å². The third-order valence-electron chi connectivity index (χ3n) is 4.86. The molecule has 2 aromatic heterocycles. The molecule has 4 aromatic rings. The van der Waals surface area contributed by atoms with Gasteiger partial charge in [0.25, 0.3) is 5.56 Å². The highest BCUT2D eigenvalue weighted by atomic mass is 32.2. The van der Waals surface area contributed by atoms with E-state index >= 15 is 0 Å². The fraction of sp³-hybridized carbons (Fsp3) is 0.130. The quantitative estimate of drug-likeness (QED) is 0.450. The van der Waals surface area contributed by atoms with E-state index in [1.165, 1.54) is 12.1 Å². The first-order valence-corrected chi connectivity index (χ1v) is 11.6. The minimum absolute atomic E-state index is 0.0483. The van der Waals surface area contributed by atoms with Crippen molar-refractivity contribution in [2.45, 2.75) is 29.9 Å². The van der Waals surface area contributed by atoms with Crippen LogP contribution in [0.25, 0.3) is 0 Å². The summed E-state index contributed by atoms with van der Waals surface area (Å²) in [6.45, 7) is 1.99. The van der Waals surface area contributed by atoms with Crippen molar-refractivity contribution in [3.63, 3.8) is 0 Å². The predicted octanol–water partition coefficient (Wildman–Crippen LogP) is 2.27. The van der Waals surface area contributed by atoms with E-state index in [1.54, 1.807) is 35.1 Å². The van der Waals surface area contributed by atoms with Crippen LogP contribution in [0.1, 0.15) is 11.1 Å². The summed E-state index contributed by atoms with van der Waals surface area (Å²) in [7, 11) is -3.93. The molecule has 0 fully saturated rings. The molecule has 0 atom stereocenters. The Bertz CT molecular complexity index is 1460. The molecule has 0 radical (unpaired) electrons. The van der Waals surface area contributed by atoms with Gasteiger partial charge in [-0.05, 0) is 30.7 Å². The average Bonchev–Trinajstić information content (AvgIpc) is 3.22. The number of nitrogens with one attached hydrogen (secondary N) is 1. The van der Waals surface area contributed by atoms with E-state index in [9.17, 15) is 18.0 Å². The second-order valence-corrected chi connectivity index (χ2v) is 9.29. The standard InChI is InChI=1S/C23H21N5O4S/c1-17-6-5-7-18(14-17)15-27-20(12-13-24-27)25-21(29)16-28-23(30)11-10-22(26-28)33(31,32)19-8-3-2-4-9-19/h2-14H,15-16H2,1H3,(H,25,29). The number of hydrogen-bond acceptors (Lipinski definition) is 6. The van der Waals surface area contributed by atoms with Gasteiger partial charge in [-0.3, -0.25) is 9.59 Å². The lowest BCUT2D eigenvalue weighted by molar-refractivity contribution is -0.117. The number of benzene rings is 2. The number of aromatic nitrogens is 4. The Balaban J connectivity index is 1.52. The Morgan fingerprint density at radius 1 is 0.970 bits per heavy atom. The fourth-order valence-corrected chi connectivity index (χ4v) is 4.48. The Morgan fingerprint density at radius 3 is 2.52 bits per heavy atom. The van der Waals surface area contributed by atoms with Crippen LogP contribution in [0.3, 0.4) is 0 Å². The van der Waals surface area contributed by atoms with Crippen LogP contribution >= 0.6 is 0 Å². The summed E-state index contributed by atoms with van der Waals surface area (Å²) in [5.41, 5.74) is 1.54. The van der Waals surface area contributed by atoms with E-state index in [2.05, 4.69) is 15.5 Å². The molecule has 0 bridgehead atoms. The van der Waals surface area contributed by atoms with Gasteiger partial charge in [-0.25, -0.2) is 17.8 Å². The van der Waals surface area contributed by atoms with Crippen LogP contribution in [0.15, 0.2) is 93.7 Å². The summed E-state index contributed by atoms with van der Waals surface area (Å²) in [6.07, 6.45) is 1.56. The third-order valence-corrected chi connectivity index (χ3v) is 6.52. The predicted molar refractivity (Wildman–Crippen MR) is 122 cm³/mol. The van der Waals surface area contributed by atoms with Gasteiger partial charge in [-0.2, -0.15) is 10.2 Å². The zero-order valence-corrected chi connectivity index (χ0v) is 18.6. The van der Waals surface area contributed by atoms with E-state index in [4.69, 9.17) is 0 Å². The summed E-state index contributed by atoms with van der Waals surface area (Å²) < 4.78 is 28.0. The van der Waals surface area contributed by atoms with Gasteiger partial charge in [0.1, 0.15) is 12.4 Å². The SMILES string of the molecule is Cc1cccc(Cn2nccc2NC(=O)Cn2nc(S(=O)(=O)c3ccccc3)ccc2=O)c1. The van der Waals surface area contributed by atoms with Gasteiger partial charge in [0.15, 0.2) is 5.03 Å². The number of nitrogens with zero attached hydrogens (tertiary/aromatic N) is 4. The number of aryl methyl sites for hydroxylation is 1. The van der Waals surface area contributed by atoms with Gasteiger partial charge in [0.05, 0.1) is 17.6 Å². The number of rotatable bonds is 7. The van der Waals surface area contributed by atoms with E-state index in [1.807, 2.05) is 31.2 Å². The largest absolute Gasteiger partial charge is 0.309 e. The molecule has 1 amide bonds. The van der Waals surface area contributed by atoms with Crippen molar-refractivity contribution in [1.29, 1.82) is 0 Å². The lowest BCUT2D eigenvalue weighted by atomic mass is 10.1. The van der Waals surface area contributed by atoms with Crippen LogP contribution in [0.4, 0.5) is 5.82 Å². The first-order chi connectivity index (χ1) is 15.8. The summed E-state index contributed by atoms with van der Waals surface area (Å²) in [5, 5.41) is 10.5. The molecule has 0 unspecified atom stereocenters. The topological polar surface area (TPSA) is 116 Å². The van der Waals surface area contributed by atoms with Gasteiger partial charge in [0.2, 0.25) is 15.7 Å². The van der Waals surface area contributed by atoms with E-state index in [-0.39, 0.29) is 9.92 Å². The fourth-order valence-electron chi connectivity index (χ4n) is 3.27. The number of carbonyl (C=O) groups is 1. The van der Waals surface area contributed by atoms with E-state index in [0.29, 0.717) is 12.4 Å². The molecule has 0 spiro atoms. The molecule has 33 heavy (non-hydrogen) atoms. The molecule has 10 heteroatoms. The van der Waals surface area contributed by atoms with Crippen molar-refractivity contribution in [2.75, 3.05) is 5.32 Å². The summed E-state index contributed by atoms with van der Waals surface area (Å²) in [6, 6.07) is 19.5. The van der Waals surface area contributed by atoms with Crippen molar-refractivity contribution in [1.82, 2.24) is 19.6 Å². The van der Waals surface area contributed by atoms with Gasteiger partial charge in [-0.1, -0.05) is 48.0 Å². The molecule has 1 N–H and O–H groups in total. The van der Waals surface area contributed by atoms with E-state index < -0.39 is 27.8 Å². The van der Waals surface area contributed by atoms with Crippen molar-refractivity contribution in [3.05, 3.63) is 100 Å². The van der Waals surface area contributed by atoms with Crippen molar-refractivity contribution in [2.24, 2.45) is 0 Å². The second-order valence-electron chi connectivity index (χ2n) is 7.40. The molecule has 168 valence electrons. The molecule has 0 aliphatic heterocycles. The molecule has 2 heterocycles. The molecule has 0 aliphatic rings. The van der Waals surface area contributed by atoms with Crippen LogP contribution in [0.5, 0.6) is 0 Å². The summed E-state index contributed by atoms with van der Waals surface area (Å²) >= 11 is 0. The van der Waals surface area contributed by atoms with Gasteiger partial charge < -0.3 is 5.32 Å². The van der Waals surface area contributed by atoms with Crippen molar-refractivity contribution < 1.29 is 13.2 Å². The zero-order chi connectivity index (χ0) is 23.4. The molecular weight excluding hydrogens is 442 g/mol. The summed E-state index contributed by atoms with van der Waals surface area (Å²) in [4.78, 5) is 24.9. The molecule has 0 saturated heterocycles. The van der Waals surface area contributed by atoms with Crippen LogP contribution < -0.4 is 10.9 Å². The monoisotopic (exact) mass is 463 g/mol. The highest BCUT2D eigenvalue weighted by molar-refractivity contribution is 7.91. The van der Waals surface area contributed by atoms with Gasteiger partial charge >= 0.3 is 0 Å². The minimum atomic E-state index is -3.93. The number of carbonyl (C=O) groups excluding carboxylic acids is 1. The lowest BCUT2D eigenvalue weighted by Crippen LogP contribution is -2.30. The molecule has 2 aromatic carbocycles. The van der Waals surface area contributed by atoms with Crippen LogP contribution in [-0.4, -0.2) is 33.9 Å². The smallest absolute Gasteiger partial charge is 0.267 e. The Labute approximate surface area is 190 Å². The maximum atomic E-state index is 12.8. The normalized spacial score (nSPS) is 11.3. The Hall–Kier alpha value is -4.05. The van der Waals surface area contributed by atoms with Crippen molar-refractivity contribution in [3.8, 4) is 0 Å². The number of anilines is 1. The van der Waals surface area contributed by atoms with Crippen molar-refractivity contribution >= 4 is 21.6 Å². The maximum absolute atomic E-state index is 12.8. The van der Waals surface area contributed by atoms with Crippen LogP contribution in [0, 0.1) is 6.92 Å². The molecule has 9 nitrogen and oxygen atoms in total. The first-order valence-electron chi connectivity index (χ1n) is 10.1. The van der Waals surface area contributed by atoms with Crippen LogP contribution in [-0.2, 0) is 27.7 Å².